The van der Waals surface area contributed by atoms with Crippen LogP contribution in [0.4, 0.5) is 5.69 Å². The van der Waals surface area contributed by atoms with Crippen molar-refractivity contribution in [1.29, 1.82) is 0 Å². The van der Waals surface area contributed by atoms with Gasteiger partial charge in [-0.05, 0) is 55.7 Å². The number of benzene rings is 2. The van der Waals surface area contributed by atoms with E-state index in [2.05, 4.69) is 21.2 Å². The number of carbonyl (C=O) groups excluding carboxylic acids is 1. The van der Waals surface area contributed by atoms with Gasteiger partial charge in [0.05, 0.1) is 10.8 Å². The minimum Gasteiger partial charge on any atom is -0.326 e. The number of nitrogens with zero attached hydrogens (tertiary/aromatic N) is 1. The topological polar surface area (TPSA) is 66.5 Å². The lowest BCUT2D eigenvalue weighted by atomic mass is 9.98. The fourth-order valence-corrected chi connectivity index (χ4v) is 4.87. The van der Waals surface area contributed by atoms with Gasteiger partial charge in [0.1, 0.15) is 0 Å². The number of anilines is 1. The summed E-state index contributed by atoms with van der Waals surface area (Å²) >= 11 is 3.44. The summed E-state index contributed by atoms with van der Waals surface area (Å²) in [6.07, 6.45) is 1.35. The summed E-state index contributed by atoms with van der Waals surface area (Å²) < 4.78 is 28.0. The van der Waals surface area contributed by atoms with Crippen molar-refractivity contribution >= 4 is 37.5 Å². The fraction of sp³-hybridized carbons (Fsp3) is 0.316. The van der Waals surface area contributed by atoms with Crippen LogP contribution >= 0.6 is 15.9 Å². The van der Waals surface area contributed by atoms with Gasteiger partial charge in [-0.15, -0.1) is 0 Å². The summed E-state index contributed by atoms with van der Waals surface area (Å²) in [6, 6.07) is 14.0. The Morgan fingerprint density at radius 3 is 2.62 bits per heavy atom. The SMILES string of the molecule is Cc1cc(NC(=O)[C@@H]2CCCN(S(=O)(=O)c3ccccc3)C2)ccc1Br. The van der Waals surface area contributed by atoms with Crippen molar-refractivity contribution in [3.8, 4) is 0 Å². The van der Waals surface area contributed by atoms with E-state index in [0.29, 0.717) is 19.4 Å². The van der Waals surface area contributed by atoms with Crippen molar-refractivity contribution in [3.05, 3.63) is 58.6 Å². The molecule has 0 aromatic heterocycles. The van der Waals surface area contributed by atoms with Crippen LogP contribution in [0.2, 0.25) is 0 Å². The maximum absolute atomic E-state index is 12.8. The van der Waals surface area contributed by atoms with Gasteiger partial charge in [0.15, 0.2) is 0 Å². The fourth-order valence-electron chi connectivity index (χ4n) is 3.08. The molecule has 0 radical (unpaired) electrons. The molecule has 1 amide bonds. The van der Waals surface area contributed by atoms with Gasteiger partial charge in [-0.25, -0.2) is 8.42 Å². The minimum atomic E-state index is -3.57. The van der Waals surface area contributed by atoms with Crippen molar-refractivity contribution in [2.75, 3.05) is 18.4 Å². The van der Waals surface area contributed by atoms with E-state index in [1.165, 1.54) is 4.31 Å². The van der Waals surface area contributed by atoms with Gasteiger partial charge in [0.25, 0.3) is 0 Å². The van der Waals surface area contributed by atoms with Crippen LogP contribution in [-0.2, 0) is 14.8 Å². The summed E-state index contributed by atoms with van der Waals surface area (Å²) in [7, 11) is -3.57. The number of amides is 1. The molecule has 26 heavy (non-hydrogen) atoms. The zero-order chi connectivity index (χ0) is 18.7. The quantitative estimate of drug-likeness (QED) is 0.792. The highest BCUT2D eigenvalue weighted by atomic mass is 79.9. The van der Waals surface area contributed by atoms with Gasteiger partial charge in [-0.1, -0.05) is 34.1 Å². The molecule has 1 aliphatic heterocycles. The van der Waals surface area contributed by atoms with Crippen LogP contribution in [0.5, 0.6) is 0 Å². The van der Waals surface area contributed by atoms with Crippen molar-refractivity contribution < 1.29 is 13.2 Å². The number of rotatable bonds is 4. The zero-order valence-corrected chi connectivity index (χ0v) is 16.9. The van der Waals surface area contributed by atoms with Crippen LogP contribution in [-0.4, -0.2) is 31.7 Å². The summed E-state index contributed by atoms with van der Waals surface area (Å²) in [6.45, 7) is 2.60. The van der Waals surface area contributed by atoms with Crippen LogP contribution < -0.4 is 5.32 Å². The average Bonchev–Trinajstić information content (AvgIpc) is 2.65. The molecule has 1 atom stereocenters. The number of hydrogen-bond donors (Lipinski definition) is 1. The standard InChI is InChI=1S/C19H21BrN2O3S/c1-14-12-16(9-10-18(14)20)21-19(23)15-6-5-11-22(13-15)26(24,25)17-7-3-2-4-8-17/h2-4,7-10,12,15H,5-6,11,13H2,1H3,(H,21,23)/t15-/m1/s1. The van der Waals surface area contributed by atoms with E-state index < -0.39 is 10.0 Å². The van der Waals surface area contributed by atoms with Gasteiger partial charge in [0, 0.05) is 23.2 Å². The lowest BCUT2D eigenvalue weighted by Gasteiger charge is -2.31. The Kier molecular flexibility index (Phi) is 5.79. The molecule has 0 bridgehead atoms. The van der Waals surface area contributed by atoms with E-state index >= 15 is 0 Å². The Hall–Kier alpha value is -1.70. The highest BCUT2D eigenvalue weighted by Gasteiger charge is 2.33. The maximum Gasteiger partial charge on any atom is 0.243 e. The molecule has 1 heterocycles. The Morgan fingerprint density at radius 2 is 1.92 bits per heavy atom. The number of aryl methyl sites for hydroxylation is 1. The minimum absolute atomic E-state index is 0.139. The van der Waals surface area contributed by atoms with Crippen LogP contribution in [0, 0.1) is 12.8 Å². The largest absolute Gasteiger partial charge is 0.326 e. The third-order valence-corrected chi connectivity index (χ3v) is 7.33. The molecule has 1 aliphatic rings. The van der Waals surface area contributed by atoms with Crippen LogP contribution in [0.25, 0.3) is 0 Å². The monoisotopic (exact) mass is 436 g/mol. The third-order valence-electron chi connectivity index (χ3n) is 4.56. The van der Waals surface area contributed by atoms with E-state index in [1.807, 2.05) is 25.1 Å². The van der Waals surface area contributed by atoms with Gasteiger partial charge in [0.2, 0.25) is 15.9 Å². The third kappa shape index (κ3) is 4.16. The number of carbonyl (C=O) groups is 1. The molecule has 5 nitrogen and oxygen atoms in total. The maximum atomic E-state index is 12.8. The first-order chi connectivity index (χ1) is 12.4. The summed E-state index contributed by atoms with van der Waals surface area (Å²) in [5.74, 6) is -0.495. The molecular formula is C19H21BrN2O3S. The van der Waals surface area contributed by atoms with E-state index in [0.717, 1.165) is 15.7 Å². The zero-order valence-electron chi connectivity index (χ0n) is 14.5. The molecule has 0 aliphatic carbocycles. The highest BCUT2D eigenvalue weighted by Crippen LogP contribution is 2.25. The molecule has 138 valence electrons. The first-order valence-electron chi connectivity index (χ1n) is 8.50. The molecule has 0 unspecified atom stereocenters. The Labute approximate surface area is 162 Å². The lowest BCUT2D eigenvalue weighted by Crippen LogP contribution is -2.43. The Morgan fingerprint density at radius 1 is 1.19 bits per heavy atom. The van der Waals surface area contributed by atoms with Crippen molar-refractivity contribution in [2.45, 2.75) is 24.7 Å². The van der Waals surface area contributed by atoms with Crippen LogP contribution in [0.15, 0.2) is 57.9 Å². The van der Waals surface area contributed by atoms with Crippen molar-refractivity contribution in [3.63, 3.8) is 0 Å². The first-order valence-corrected chi connectivity index (χ1v) is 10.7. The van der Waals surface area contributed by atoms with Gasteiger partial charge >= 0.3 is 0 Å². The molecule has 0 saturated carbocycles. The van der Waals surface area contributed by atoms with Crippen LogP contribution in [0.1, 0.15) is 18.4 Å². The number of halogens is 1. The second kappa shape index (κ2) is 7.90. The molecule has 2 aromatic rings. The summed E-state index contributed by atoms with van der Waals surface area (Å²) in [5, 5.41) is 2.91. The number of sulfonamides is 1. The first kappa shape index (κ1) is 19.1. The molecular weight excluding hydrogens is 416 g/mol. The molecule has 2 aromatic carbocycles. The van der Waals surface area contributed by atoms with Gasteiger partial charge < -0.3 is 5.32 Å². The lowest BCUT2D eigenvalue weighted by molar-refractivity contribution is -0.120. The molecule has 0 spiro atoms. The molecule has 1 fully saturated rings. The van der Waals surface area contributed by atoms with E-state index in [9.17, 15) is 13.2 Å². The van der Waals surface area contributed by atoms with Crippen molar-refractivity contribution in [2.24, 2.45) is 5.92 Å². The van der Waals surface area contributed by atoms with Gasteiger partial charge in [-0.3, -0.25) is 4.79 Å². The molecule has 3 rings (SSSR count). The molecule has 1 saturated heterocycles. The Balaban J connectivity index is 1.71. The van der Waals surface area contributed by atoms with Gasteiger partial charge in [-0.2, -0.15) is 4.31 Å². The summed E-state index contributed by atoms with van der Waals surface area (Å²) in [4.78, 5) is 12.9. The second-order valence-electron chi connectivity index (χ2n) is 6.47. The smallest absolute Gasteiger partial charge is 0.243 e. The van der Waals surface area contributed by atoms with E-state index in [4.69, 9.17) is 0 Å². The predicted molar refractivity (Wildman–Crippen MR) is 105 cm³/mol. The normalized spacial score (nSPS) is 18.5. The van der Waals surface area contributed by atoms with E-state index in [1.54, 1.807) is 30.3 Å². The highest BCUT2D eigenvalue weighted by molar-refractivity contribution is 9.10. The van der Waals surface area contributed by atoms with E-state index in [-0.39, 0.29) is 23.3 Å². The molecule has 7 heteroatoms. The predicted octanol–water partition coefficient (Wildman–Crippen LogP) is 3.80. The number of nitrogens with one attached hydrogen (secondary N) is 1. The molecule has 1 N–H and O–H groups in total. The summed E-state index contributed by atoms with van der Waals surface area (Å²) in [5.41, 5.74) is 1.75. The average molecular weight is 437 g/mol. The number of hydrogen-bond acceptors (Lipinski definition) is 3. The Bertz CT molecular complexity index is 900. The van der Waals surface area contributed by atoms with Crippen LogP contribution in [0.3, 0.4) is 0 Å². The number of piperidine rings is 1. The van der Waals surface area contributed by atoms with Crippen molar-refractivity contribution in [1.82, 2.24) is 4.31 Å². The second-order valence-corrected chi connectivity index (χ2v) is 9.26.